The number of nitrogens with one attached hydrogen (secondary N) is 3. The van der Waals surface area contributed by atoms with Gasteiger partial charge in [0.15, 0.2) is 0 Å². The molecule has 7 heteroatoms. The molecule has 0 spiro atoms. The molecule has 1 saturated heterocycles. The van der Waals surface area contributed by atoms with Gasteiger partial charge in [0.1, 0.15) is 0 Å². The molecule has 0 bridgehead atoms. The molecule has 0 aromatic heterocycles. The van der Waals surface area contributed by atoms with Gasteiger partial charge in [0.05, 0.1) is 11.5 Å². The Morgan fingerprint density at radius 2 is 1.88 bits per heavy atom. The van der Waals surface area contributed by atoms with Crippen molar-refractivity contribution in [1.82, 2.24) is 10.6 Å². The van der Waals surface area contributed by atoms with E-state index >= 15 is 0 Å². The summed E-state index contributed by atoms with van der Waals surface area (Å²) >= 11 is 1.34. The number of rotatable bonds is 6. The molecule has 2 atom stereocenters. The Morgan fingerprint density at radius 3 is 2.54 bits per heavy atom. The predicted molar refractivity (Wildman–Crippen MR) is 103 cm³/mol. The number of thioether (sulfide) groups is 1. The maximum atomic E-state index is 11.9. The van der Waals surface area contributed by atoms with E-state index in [1.807, 2.05) is 31.2 Å². The van der Waals surface area contributed by atoms with Gasteiger partial charge in [0.25, 0.3) is 0 Å². The number of amides is 2. The van der Waals surface area contributed by atoms with E-state index in [1.54, 1.807) is 0 Å². The number of aryl methyl sites for hydroxylation is 1. The zero-order chi connectivity index (χ0) is 16.7. The van der Waals surface area contributed by atoms with E-state index in [0.717, 1.165) is 30.8 Å². The van der Waals surface area contributed by atoms with E-state index < -0.39 is 0 Å². The van der Waals surface area contributed by atoms with Crippen molar-refractivity contribution in [2.24, 2.45) is 5.92 Å². The number of halogens is 1. The Labute approximate surface area is 154 Å². The Bertz CT molecular complexity index is 539. The van der Waals surface area contributed by atoms with Gasteiger partial charge in [-0.1, -0.05) is 24.6 Å². The van der Waals surface area contributed by atoms with Gasteiger partial charge in [-0.15, -0.1) is 24.2 Å². The maximum Gasteiger partial charge on any atom is 0.234 e. The lowest BCUT2D eigenvalue weighted by molar-refractivity contribution is -0.119. The number of piperidine rings is 1. The molecule has 134 valence electrons. The van der Waals surface area contributed by atoms with E-state index in [1.165, 1.54) is 11.8 Å². The van der Waals surface area contributed by atoms with Crippen LogP contribution in [-0.4, -0.2) is 42.5 Å². The van der Waals surface area contributed by atoms with Gasteiger partial charge in [-0.25, -0.2) is 0 Å². The van der Waals surface area contributed by atoms with Crippen molar-refractivity contribution in [2.75, 3.05) is 29.9 Å². The molecule has 2 unspecified atom stereocenters. The molecular formula is C17H26ClN3O2S. The summed E-state index contributed by atoms with van der Waals surface area (Å²) in [6.45, 7) is 6.00. The number of benzene rings is 1. The first-order valence-electron chi connectivity index (χ1n) is 7.99. The van der Waals surface area contributed by atoms with Crippen LogP contribution >= 0.6 is 24.2 Å². The lowest BCUT2D eigenvalue weighted by atomic mass is 9.95. The molecule has 1 aliphatic rings. The van der Waals surface area contributed by atoms with E-state index in [0.29, 0.717) is 11.7 Å². The van der Waals surface area contributed by atoms with Crippen molar-refractivity contribution in [2.45, 2.75) is 26.3 Å². The number of anilines is 1. The topological polar surface area (TPSA) is 70.2 Å². The minimum Gasteiger partial charge on any atom is -0.351 e. The third-order valence-corrected chi connectivity index (χ3v) is 4.91. The number of hydrogen-bond acceptors (Lipinski definition) is 4. The molecule has 24 heavy (non-hydrogen) atoms. The smallest absolute Gasteiger partial charge is 0.234 e. The minimum atomic E-state index is -0.0839. The highest BCUT2D eigenvalue weighted by atomic mass is 35.5. The summed E-state index contributed by atoms with van der Waals surface area (Å²) in [5.41, 5.74) is 1.94. The van der Waals surface area contributed by atoms with Crippen LogP contribution in [0.4, 0.5) is 5.69 Å². The van der Waals surface area contributed by atoms with Crippen LogP contribution in [0.1, 0.15) is 18.9 Å². The molecule has 0 saturated carbocycles. The fraction of sp³-hybridized carbons (Fsp3) is 0.529. The zero-order valence-electron chi connectivity index (χ0n) is 14.1. The van der Waals surface area contributed by atoms with E-state index in [4.69, 9.17) is 0 Å². The summed E-state index contributed by atoms with van der Waals surface area (Å²) in [4.78, 5) is 23.8. The quantitative estimate of drug-likeness (QED) is 0.717. The van der Waals surface area contributed by atoms with E-state index in [-0.39, 0.29) is 36.0 Å². The lowest BCUT2D eigenvalue weighted by Crippen LogP contribution is -2.50. The van der Waals surface area contributed by atoms with Crippen molar-refractivity contribution in [1.29, 1.82) is 0 Å². The van der Waals surface area contributed by atoms with Crippen molar-refractivity contribution < 1.29 is 9.59 Å². The molecule has 0 radical (unpaired) electrons. The molecule has 1 aromatic carbocycles. The van der Waals surface area contributed by atoms with Gasteiger partial charge in [-0.2, -0.15) is 0 Å². The zero-order valence-corrected chi connectivity index (χ0v) is 15.8. The SMILES string of the molecule is Cc1ccc(NC(=O)CSCC(=O)NC2CNCCC2C)cc1.Cl. The van der Waals surface area contributed by atoms with Gasteiger partial charge >= 0.3 is 0 Å². The molecule has 0 aliphatic carbocycles. The number of carbonyl (C=O) groups excluding carboxylic acids is 2. The van der Waals surface area contributed by atoms with Gasteiger partial charge in [-0.3, -0.25) is 9.59 Å². The Morgan fingerprint density at radius 1 is 1.21 bits per heavy atom. The van der Waals surface area contributed by atoms with E-state index in [2.05, 4.69) is 22.9 Å². The average Bonchev–Trinajstić information content (AvgIpc) is 2.52. The molecule has 3 N–H and O–H groups in total. The first kappa shape index (κ1) is 20.8. The Kier molecular flexibility index (Phi) is 9.18. The molecule has 5 nitrogen and oxygen atoms in total. The summed E-state index contributed by atoms with van der Waals surface area (Å²) in [6, 6.07) is 7.85. The van der Waals surface area contributed by atoms with Crippen LogP contribution in [0.25, 0.3) is 0 Å². The predicted octanol–water partition coefficient (Wildman–Crippen LogP) is 2.20. The highest BCUT2D eigenvalue weighted by molar-refractivity contribution is 8.00. The molecule has 1 fully saturated rings. The Hall–Kier alpha value is -1.24. The van der Waals surface area contributed by atoms with Crippen LogP contribution < -0.4 is 16.0 Å². The molecule has 2 amide bonds. The van der Waals surface area contributed by atoms with Crippen molar-refractivity contribution >= 4 is 41.7 Å². The maximum absolute atomic E-state index is 11.9. The lowest BCUT2D eigenvalue weighted by Gasteiger charge is -2.30. The van der Waals surface area contributed by atoms with Gasteiger partial charge in [0.2, 0.25) is 11.8 Å². The van der Waals surface area contributed by atoms with Crippen molar-refractivity contribution in [3.8, 4) is 0 Å². The third-order valence-electron chi connectivity index (χ3n) is 3.98. The molecule has 1 aromatic rings. The summed E-state index contributed by atoms with van der Waals surface area (Å²) in [6.07, 6.45) is 1.08. The van der Waals surface area contributed by atoms with Crippen molar-refractivity contribution in [3.63, 3.8) is 0 Å². The Balaban J connectivity index is 0.00000288. The number of carbonyl (C=O) groups is 2. The summed E-state index contributed by atoms with van der Waals surface area (Å²) in [7, 11) is 0. The second-order valence-electron chi connectivity index (χ2n) is 6.05. The van der Waals surface area contributed by atoms with Crippen LogP contribution in [0.15, 0.2) is 24.3 Å². The summed E-state index contributed by atoms with van der Waals surface area (Å²) < 4.78 is 0. The second kappa shape index (κ2) is 10.6. The molecular weight excluding hydrogens is 346 g/mol. The standard InChI is InChI=1S/C17H25N3O2S.ClH/c1-12-3-5-14(6-4-12)19-16(21)10-23-11-17(22)20-15-9-18-8-7-13(15)2;/h3-6,13,15,18H,7-11H2,1-2H3,(H,19,21)(H,20,22);1H. The van der Waals surface area contributed by atoms with Crippen LogP contribution in [0.5, 0.6) is 0 Å². The fourth-order valence-electron chi connectivity index (χ4n) is 2.50. The van der Waals surface area contributed by atoms with Crippen molar-refractivity contribution in [3.05, 3.63) is 29.8 Å². The van der Waals surface area contributed by atoms with Crippen LogP contribution in [0.2, 0.25) is 0 Å². The number of hydrogen-bond donors (Lipinski definition) is 3. The van der Waals surface area contributed by atoms with Gasteiger partial charge in [0, 0.05) is 18.3 Å². The van der Waals surface area contributed by atoms with Gasteiger partial charge < -0.3 is 16.0 Å². The van der Waals surface area contributed by atoms with Crippen LogP contribution in [0, 0.1) is 12.8 Å². The second-order valence-corrected chi connectivity index (χ2v) is 7.04. The summed E-state index contributed by atoms with van der Waals surface area (Å²) in [5, 5.41) is 9.16. The monoisotopic (exact) mass is 371 g/mol. The normalized spacial score (nSPS) is 19.9. The first-order valence-corrected chi connectivity index (χ1v) is 9.14. The first-order chi connectivity index (χ1) is 11.0. The molecule has 1 heterocycles. The largest absolute Gasteiger partial charge is 0.351 e. The van der Waals surface area contributed by atoms with Crippen LogP contribution in [-0.2, 0) is 9.59 Å². The van der Waals surface area contributed by atoms with E-state index in [9.17, 15) is 9.59 Å². The highest BCUT2D eigenvalue weighted by Crippen LogP contribution is 2.12. The summed E-state index contributed by atoms with van der Waals surface area (Å²) in [5.74, 6) is 0.998. The van der Waals surface area contributed by atoms with Crippen LogP contribution in [0.3, 0.4) is 0 Å². The average molecular weight is 372 g/mol. The van der Waals surface area contributed by atoms with Gasteiger partial charge in [-0.05, 0) is 37.9 Å². The molecule has 2 rings (SSSR count). The third kappa shape index (κ3) is 7.11. The minimum absolute atomic E-state index is 0. The fourth-order valence-corrected chi connectivity index (χ4v) is 3.13. The molecule has 1 aliphatic heterocycles. The highest BCUT2D eigenvalue weighted by Gasteiger charge is 2.22.